The molecule has 0 bridgehead atoms. The number of hydrogen-bond donors (Lipinski definition) is 1. The van der Waals surface area contributed by atoms with Crippen LogP contribution < -0.4 is 5.56 Å². The molecule has 0 amide bonds. The average Bonchev–Trinajstić information content (AvgIpc) is 2.85. The van der Waals surface area contributed by atoms with Gasteiger partial charge in [0.15, 0.2) is 11.6 Å². The first-order valence-electron chi connectivity index (χ1n) is 7.10. The third-order valence-electron chi connectivity index (χ3n) is 3.73. The van der Waals surface area contributed by atoms with Crippen molar-refractivity contribution in [3.63, 3.8) is 0 Å². The molecular formula is C15H22N4O2. The Morgan fingerprint density at radius 3 is 2.57 bits per heavy atom. The molecule has 0 fully saturated rings. The van der Waals surface area contributed by atoms with E-state index in [1.807, 2.05) is 33.8 Å². The Hall–Kier alpha value is -1.95. The van der Waals surface area contributed by atoms with Crippen molar-refractivity contribution in [3.8, 4) is 11.4 Å². The van der Waals surface area contributed by atoms with Gasteiger partial charge < -0.3 is 9.67 Å². The second-order valence-corrected chi connectivity index (χ2v) is 5.59. The van der Waals surface area contributed by atoms with Crippen LogP contribution in [0.15, 0.2) is 10.9 Å². The van der Waals surface area contributed by atoms with Gasteiger partial charge in [0, 0.05) is 18.7 Å². The number of aliphatic hydroxyl groups excluding tert-OH is 1. The van der Waals surface area contributed by atoms with Gasteiger partial charge in [-0.3, -0.25) is 4.79 Å². The van der Waals surface area contributed by atoms with Crippen LogP contribution in [-0.2, 0) is 13.6 Å². The highest BCUT2D eigenvalue weighted by atomic mass is 16.3. The maximum absolute atomic E-state index is 12.5. The summed E-state index contributed by atoms with van der Waals surface area (Å²) < 4.78 is 3.23. The van der Waals surface area contributed by atoms with E-state index in [0.29, 0.717) is 23.8 Å². The molecule has 2 aromatic rings. The van der Waals surface area contributed by atoms with E-state index >= 15 is 0 Å². The maximum Gasteiger partial charge on any atom is 0.261 e. The number of aromatic nitrogens is 4. The fraction of sp³-hybridized carbons (Fsp3) is 0.533. The summed E-state index contributed by atoms with van der Waals surface area (Å²) in [5.74, 6) is 1.37. The summed E-state index contributed by atoms with van der Waals surface area (Å²) in [6.45, 7) is 8.17. The summed E-state index contributed by atoms with van der Waals surface area (Å²) in [7, 11) is 1.75. The van der Waals surface area contributed by atoms with Crippen molar-refractivity contribution in [3.05, 3.63) is 33.5 Å². The van der Waals surface area contributed by atoms with Crippen LogP contribution in [0.3, 0.4) is 0 Å². The molecule has 0 spiro atoms. The highest BCUT2D eigenvalue weighted by Gasteiger charge is 2.18. The third-order valence-corrected chi connectivity index (χ3v) is 3.73. The lowest BCUT2D eigenvalue weighted by atomic mass is 10.1. The molecule has 0 unspecified atom stereocenters. The standard InChI is InChI=1S/C15H22N4O2/c1-9(2)13-16-14(19(17-13)6-7-20)12-8-10(3)11(4)18(5)15(12)21/h8-9,20H,6-7H2,1-5H3. The van der Waals surface area contributed by atoms with Crippen LogP contribution in [0.2, 0.25) is 0 Å². The van der Waals surface area contributed by atoms with Crippen LogP contribution in [0, 0.1) is 13.8 Å². The summed E-state index contributed by atoms with van der Waals surface area (Å²) >= 11 is 0. The van der Waals surface area contributed by atoms with E-state index in [4.69, 9.17) is 0 Å². The Morgan fingerprint density at radius 2 is 2.00 bits per heavy atom. The molecule has 1 N–H and O–H groups in total. The first-order chi connectivity index (χ1) is 9.86. The summed E-state index contributed by atoms with van der Waals surface area (Å²) in [5, 5.41) is 13.6. The highest BCUT2D eigenvalue weighted by molar-refractivity contribution is 5.56. The predicted molar refractivity (Wildman–Crippen MR) is 81.3 cm³/mol. The van der Waals surface area contributed by atoms with Crippen molar-refractivity contribution in [2.75, 3.05) is 6.61 Å². The van der Waals surface area contributed by atoms with Crippen molar-refractivity contribution in [2.24, 2.45) is 7.05 Å². The Bertz CT molecular complexity index is 713. The van der Waals surface area contributed by atoms with E-state index in [9.17, 15) is 9.90 Å². The van der Waals surface area contributed by atoms with Gasteiger partial charge in [-0.1, -0.05) is 13.8 Å². The molecule has 0 aliphatic carbocycles. The number of hydrogen-bond acceptors (Lipinski definition) is 4. The Balaban J connectivity index is 2.69. The van der Waals surface area contributed by atoms with Crippen LogP contribution in [0.25, 0.3) is 11.4 Å². The monoisotopic (exact) mass is 290 g/mol. The molecule has 0 aliphatic rings. The zero-order valence-electron chi connectivity index (χ0n) is 13.2. The topological polar surface area (TPSA) is 72.9 Å². The minimum Gasteiger partial charge on any atom is -0.394 e. The van der Waals surface area contributed by atoms with E-state index in [1.165, 1.54) is 0 Å². The van der Waals surface area contributed by atoms with Gasteiger partial charge in [0.05, 0.1) is 18.7 Å². The first-order valence-corrected chi connectivity index (χ1v) is 7.10. The quantitative estimate of drug-likeness (QED) is 0.923. The lowest BCUT2D eigenvalue weighted by Crippen LogP contribution is -2.23. The van der Waals surface area contributed by atoms with Crippen molar-refractivity contribution >= 4 is 0 Å². The van der Waals surface area contributed by atoms with Gasteiger partial charge in [-0.05, 0) is 25.5 Å². The lowest BCUT2D eigenvalue weighted by molar-refractivity contribution is 0.269. The number of pyridine rings is 1. The SMILES string of the molecule is Cc1cc(-c2nc(C(C)C)nn2CCO)c(=O)n(C)c1C. The van der Waals surface area contributed by atoms with Gasteiger partial charge in [0.25, 0.3) is 5.56 Å². The summed E-state index contributed by atoms with van der Waals surface area (Å²) in [4.78, 5) is 17.0. The molecule has 0 aliphatic heterocycles. The van der Waals surface area contributed by atoms with Gasteiger partial charge in [-0.25, -0.2) is 9.67 Å². The lowest BCUT2D eigenvalue weighted by Gasteiger charge is -2.10. The van der Waals surface area contributed by atoms with E-state index in [0.717, 1.165) is 11.3 Å². The van der Waals surface area contributed by atoms with Crippen LogP contribution in [-0.4, -0.2) is 31.0 Å². The molecule has 2 aromatic heterocycles. The van der Waals surface area contributed by atoms with E-state index in [1.54, 1.807) is 16.3 Å². The van der Waals surface area contributed by atoms with E-state index in [-0.39, 0.29) is 18.1 Å². The zero-order valence-corrected chi connectivity index (χ0v) is 13.2. The van der Waals surface area contributed by atoms with Gasteiger partial charge in [0.1, 0.15) is 0 Å². The van der Waals surface area contributed by atoms with Crippen molar-refractivity contribution < 1.29 is 5.11 Å². The van der Waals surface area contributed by atoms with Gasteiger partial charge in [-0.15, -0.1) is 0 Å². The van der Waals surface area contributed by atoms with Crippen LogP contribution in [0.1, 0.15) is 36.8 Å². The molecule has 21 heavy (non-hydrogen) atoms. The molecule has 2 rings (SSSR count). The predicted octanol–water partition coefficient (Wildman–Crippen LogP) is 1.38. The third kappa shape index (κ3) is 2.76. The first kappa shape index (κ1) is 15.4. The molecule has 0 radical (unpaired) electrons. The van der Waals surface area contributed by atoms with Gasteiger partial charge >= 0.3 is 0 Å². The number of aliphatic hydroxyl groups is 1. The smallest absolute Gasteiger partial charge is 0.261 e. The van der Waals surface area contributed by atoms with E-state index in [2.05, 4.69) is 10.1 Å². The Morgan fingerprint density at radius 1 is 1.33 bits per heavy atom. The number of rotatable bonds is 4. The molecule has 2 heterocycles. The van der Waals surface area contributed by atoms with Crippen molar-refractivity contribution in [1.29, 1.82) is 0 Å². The summed E-state index contributed by atoms with van der Waals surface area (Å²) in [6.07, 6.45) is 0. The van der Waals surface area contributed by atoms with Crippen LogP contribution in [0.5, 0.6) is 0 Å². The fourth-order valence-corrected chi connectivity index (χ4v) is 2.19. The van der Waals surface area contributed by atoms with Crippen molar-refractivity contribution in [2.45, 2.75) is 40.2 Å². The molecule has 6 nitrogen and oxygen atoms in total. The average molecular weight is 290 g/mol. The number of aryl methyl sites for hydroxylation is 1. The molecule has 0 saturated heterocycles. The van der Waals surface area contributed by atoms with Gasteiger partial charge in [0.2, 0.25) is 0 Å². The Kier molecular flexibility index (Phi) is 4.27. The minimum absolute atomic E-state index is 0.0426. The Labute approximate surface area is 124 Å². The van der Waals surface area contributed by atoms with Crippen LogP contribution in [0.4, 0.5) is 0 Å². The normalized spacial score (nSPS) is 11.4. The zero-order chi connectivity index (χ0) is 15.7. The second kappa shape index (κ2) is 5.81. The van der Waals surface area contributed by atoms with Gasteiger partial charge in [-0.2, -0.15) is 5.10 Å². The summed E-state index contributed by atoms with van der Waals surface area (Å²) in [5.41, 5.74) is 2.38. The number of nitrogens with zero attached hydrogens (tertiary/aromatic N) is 4. The molecule has 0 aromatic carbocycles. The minimum atomic E-state index is -0.0972. The molecule has 6 heteroatoms. The molecule has 0 saturated carbocycles. The molecule has 114 valence electrons. The molecule has 0 atom stereocenters. The summed E-state index contributed by atoms with van der Waals surface area (Å²) in [6, 6.07) is 1.85. The maximum atomic E-state index is 12.5. The fourth-order valence-electron chi connectivity index (χ4n) is 2.19. The van der Waals surface area contributed by atoms with Crippen LogP contribution >= 0.6 is 0 Å². The molecular weight excluding hydrogens is 268 g/mol. The highest BCUT2D eigenvalue weighted by Crippen LogP contribution is 2.19. The second-order valence-electron chi connectivity index (χ2n) is 5.59. The largest absolute Gasteiger partial charge is 0.394 e. The van der Waals surface area contributed by atoms with E-state index < -0.39 is 0 Å². The van der Waals surface area contributed by atoms with Crippen molar-refractivity contribution in [1.82, 2.24) is 19.3 Å².